The van der Waals surface area contributed by atoms with Crippen LogP contribution < -0.4 is 14.4 Å². The van der Waals surface area contributed by atoms with E-state index < -0.39 is 0 Å². The zero-order valence-corrected chi connectivity index (χ0v) is 16.4. The lowest BCUT2D eigenvalue weighted by atomic mass is 10.0. The van der Waals surface area contributed by atoms with Crippen LogP contribution in [0.1, 0.15) is 18.4 Å². The molecule has 5 rings (SSSR count). The van der Waals surface area contributed by atoms with E-state index in [0.717, 1.165) is 37.2 Å². The highest BCUT2D eigenvalue weighted by Gasteiger charge is 2.27. The maximum Gasteiger partial charge on any atom is 0.231 e. The first-order chi connectivity index (χ1) is 13.8. The number of fused-ring (bicyclic) bond motifs is 1. The van der Waals surface area contributed by atoms with Gasteiger partial charge in [0, 0.05) is 44.5 Å². The molecule has 0 bridgehead atoms. The van der Waals surface area contributed by atoms with Gasteiger partial charge in [-0.1, -0.05) is 24.3 Å². The minimum absolute atomic E-state index is 0.349. The highest BCUT2D eigenvalue weighted by atomic mass is 16.7. The van der Waals surface area contributed by atoms with E-state index in [0.29, 0.717) is 6.79 Å². The van der Waals surface area contributed by atoms with E-state index >= 15 is 0 Å². The van der Waals surface area contributed by atoms with E-state index in [1.165, 1.54) is 50.3 Å². The second-order valence-corrected chi connectivity index (χ2v) is 8.05. The van der Waals surface area contributed by atoms with E-state index in [1.54, 1.807) is 0 Å². The summed E-state index contributed by atoms with van der Waals surface area (Å²) in [6, 6.07) is 17.9. The van der Waals surface area contributed by atoms with E-state index in [9.17, 15) is 0 Å². The first kappa shape index (κ1) is 17.8. The fraction of sp³-hybridized carbons (Fsp3) is 0.478. The Morgan fingerprint density at radius 1 is 0.786 bits per heavy atom. The first-order valence-electron chi connectivity index (χ1n) is 10.5. The van der Waals surface area contributed by atoms with E-state index in [2.05, 4.69) is 57.2 Å². The van der Waals surface area contributed by atoms with Gasteiger partial charge in [0.2, 0.25) is 6.79 Å². The SMILES string of the molecule is c1ccc(N2CCN(C3CCN(Cc4ccc5c(c4)OCO5)CC3)CC2)cc1. The Labute approximate surface area is 167 Å². The number of benzene rings is 2. The van der Waals surface area contributed by atoms with Crippen LogP contribution in [0.2, 0.25) is 0 Å². The molecule has 2 saturated heterocycles. The van der Waals surface area contributed by atoms with Crippen molar-refractivity contribution in [1.29, 1.82) is 0 Å². The van der Waals surface area contributed by atoms with Gasteiger partial charge >= 0.3 is 0 Å². The third kappa shape index (κ3) is 3.82. The number of likely N-dealkylation sites (tertiary alicyclic amines) is 1. The van der Waals surface area contributed by atoms with Crippen molar-refractivity contribution in [2.45, 2.75) is 25.4 Å². The number of para-hydroxylation sites is 1. The van der Waals surface area contributed by atoms with Gasteiger partial charge < -0.3 is 14.4 Å². The van der Waals surface area contributed by atoms with Gasteiger partial charge in [-0.05, 0) is 55.8 Å². The van der Waals surface area contributed by atoms with Crippen molar-refractivity contribution in [2.75, 3.05) is 51.0 Å². The Morgan fingerprint density at radius 2 is 1.54 bits per heavy atom. The lowest BCUT2D eigenvalue weighted by molar-refractivity contribution is 0.0998. The minimum atomic E-state index is 0.349. The minimum Gasteiger partial charge on any atom is -0.454 e. The highest BCUT2D eigenvalue weighted by Crippen LogP contribution is 2.33. The van der Waals surface area contributed by atoms with E-state index in [4.69, 9.17) is 9.47 Å². The lowest BCUT2D eigenvalue weighted by Crippen LogP contribution is -2.53. The molecule has 3 aliphatic heterocycles. The van der Waals surface area contributed by atoms with Gasteiger partial charge in [-0.15, -0.1) is 0 Å². The van der Waals surface area contributed by atoms with Gasteiger partial charge in [-0.2, -0.15) is 0 Å². The van der Waals surface area contributed by atoms with Crippen LogP contribution in [0.25, 0.3) is 0 Å². The molecule has 0 unspecified atom stereocenters. The van der Waals surface area contributed by atoms with Gasteiger partial charge in [0.1, 0.15) is 0 Å². The average Bonchev–Trinajstić information content (AvgIpc) is 3.23. The van der Waals surface area contributed by atoms with Crippen LogP contribution in [0.15, 0.2) is 48.5 Å². The van der Waals surface area contributed by atoms with Crippen LogP contribution in [-0.2, 0) is 6.54 Å². The largest absolute Gasteiger partial charge is 0.454 e. The van der Waals surface area contributed by atoms with Gasteiger partial charge in [0.15, 0.2) is 11.5 Å². The zero-order valence-electron chi connectivity index (χ0n) is 16.4. The van der Waals surface area contributed by atoms with E-state index in [-0.39, 0.29) is 0 Å². The molecular weight excluding hydrogens is 350 g/mol. The smallest absolute Gasteiger partial charge is 0.231 e. The van der Waals surface area contributed by atoms with Crippen molar-refractivity contribution in [3.05, 3.63) is 54.1 Å². The summed E-state index contributed by atoms with van der Waals surface area (Å²) < 4.78 is 10.9. The Balaban J connectivity index is 1.10. The molecule has 3 aliphatic rings. The van der Waals surface area contributed by atoms with Crippen LogP contribution in [0.3, 0.4) is 0 Å². The molecule has 2 aromatic carbocycles. The molecule has 0 aliphatic carbocycles. The number of ether oxygens (including phenoxy) is 2. The molecule has 0 atom stereocenters. The molecule has 2 aromatic rings. The number of hydrogen-bond acceptors (Lipinski definition) is 5. The monoisotopic (exact) mass is 379 g/mol. The van der Waals surface area contributed by atoms with Gasteiger partial charge in [-0.3, -0.25) is 9.80 Å². The number of piperidine rings is 1. The molecule has 148 valence electrons. The van der Waals surface area contributed by atoms with Crippen molar-refractivity contribution < 1.29 is 9.47 Å². The van der Waals surface area contributed by atoms with Gasteiger partial charge in [0.05, 0.1) is 0 Å². The Morgan fingerprint density at radius 3 is 2.32 bits per heavy atom. The maximum absolute atomic E-state index is 5.51. The Kier molecular flexibility index (Phi) is 5.10. The van der Waals surface area contributed by atoms with Crippen LogP contribution in [0, 0.1) is 0 Å². The van der Waals surface area contributed by atoms with Crippen molar-refractivity contribution >= 4 is 5.69 Å². The number of hydrogen-bond donors (Lipinski definition) is 0. The van der Waals surface area contributed by atoms with Crippen LogP contribution >= 0.6 is 0 Å². The summed E-state index contributed by atoms with van der Waals surface area (Å²) in [5.74, 6) is 1.76. The quantitative estimate of drug-likeness (QED) is 0.814. The lowest BCUT2D eigenvalue weighted by Gasteiger charge is -2.43. The summed E-state index contributed by atoms with van der Waals surface area (Å²) in [6.45, 7) is 8.36. The van der Waals surface area contributed by atoms with Crippen LogP contribution in [0.5, 0.6) is 11.5 Å². The average molecular weight is 380 g/mol. The normalized spacial score (nSPS) is 21.2. The zero-order chi connectivity index (χ0) is 18.8. The topological polar surface area (TPSA) is 28.2 Å². The van der Waals surface area contributed by atoms with Crippen molar-refractivity contribution in [2.24, 2.45) is 0 Å². The molecule has 0 saturated carbocycles. The molecule has 3 heterocycles. The highest BCUT2D eigenvalue weighted by molar-refractivity contribution is 5.46. The predicted octanol–water partition coefficient (Wildman–Crippen LogP) is 3.20. The summed E-state index contributed by atoms with van der Waals surface area (Å²) >= 11 is 0. The van der Waals surface area contributed by atoms with E-state index in [1.807, 2.05) is 6.07 Å². The molecule has 0 amide bonds. The van der Waals surface area contributed by atoms with Crippen LogP contribution in [-0.4, -0.2) is 61.9 Å². The third-order valence-electron chi connectivity index (χ3n) is 6.35. The summed E-state index contributed by atoms with van der Waals surface area (Å²) in [5.41, 5.74) is 2.68. The molecule has 0 radical (unpaired) electrons. The fourth-order valence-corrected chi connectivity index (χ4v) is 4.72. The molecule has 0 spiro atoms. The molecule has 2 fully saturated rings. The van der Waals surface area contributed by atoms with Crippen molar-refractivity contribution in [3.8, 4) is 11.5 Å². The second kappa shape index (κ2) is 8.02. The van der Waals surface area contributed by atoms with Crippen molar-refractivity contribution in [3.63, 3.8) is 0 Å². The third-order valence-corrected chi connectivity index (χ3v) is 6.35. The summed E-state index contributed by atoms with van der Waals surface area (Å²) in [4.78, 5) is 7.82. The number of piperazine rings is 1. The Bertz CT molecular complexity index is 782. The second-order valence-electron chi connectivity index (χ2n) is 8.05. The summed E-state index contributed by atoms with van der Waals surface area (Å²) in [5, 5.41) is 0. The molecule has 0 N–H and O–H groups in total. The van der Waals surface area contributed by atoms with Crippen molar-refractivity contribution in [1.82, 2.24) is 9.80 Å². The standard InChI is InChI=1S/C23H29N3O2/c1-2-4-20(5-3-1)25-12-14-26(15-13-25)21-8-10-24(11-9-21)17-19-6-7-22-23(16-19)28-18-27-22/h1-7,16,21H,8-15,17-18H2. The Hall–Kier alpha value is -2.24. The summed E-state index contributed by atoms with van der Waals surface area (Å²) in [7, 11) is 0. The van der Waals surface area contributed by atoms with Gasteiger partial charge in [-0.25, -0.2) is 0 Å². The molecular formula is C23H29N3O2. The summed E-state index contributed by atoms with van der Waals surface area (Å²) in [6.07, 6.45) is 2.55. The molecule has 5 nitrogen and oxygen atoms in total. The molecule has 28 heavy (non-hydrogen) atoms. The number of nitrogens with zero attached hydrogens (tertiary/aromatic N) is 3. The van der Waals surface area contributed by atoms with Crippen LogP contribution in [0.4, 0.5) is 5.69 Å². The predicted molar refractivity (Wildman–Crippen MR) is 111 cm³/mol. The number of anilines is 1. The first-order valence-corrected chi connectivity index (χ1v) is 10.5. The molecule has 5 heteroatoms. The maximum atomic E-state index is 5.51. The number of rotatable bonds is 4. The van der Waals surface area contributed by atoms with Gasteiger partial charge in [0.25, 0.3) is 0 Å². The fourth-order valence-electron chi connectivity index (χ4n) is 4.72. The molecule has 0 aromatic heterocycles.